The van der Waals surface area contributed by atoms with Crippen LogP contribution in [0.4, 0.5) is 0 Å². The van der Waals surface area contributed by atoms with Gasteiger partial charge in [0.05, 0.1) is 17.0 Å². The second-order valence-corrected chi connectivity index (χ2v) is 8.91. The summed E-state index contributed by atoms with van der Waals surface area (Å²) in [5, 5.41) is 0.707. The van der Waals surface area contributed by atoms with E-state index in [0.29, 0.717) is 51.7 Å². The fourth-order valence-electron chi connectivity index (χ4n) is 3.29. The van der Waals surface area contributed by atoms with E-state index in [4.69, 9.17) is 9.47 Å². The number of para-hydroxylation sites is 1. The van der Waals surface area contributed by atoms with Crippen molar-refractivity contribution in [3.8, 4) is 17.2 Å². The number of carbonyl (C=O) groups excluding carboxylic acids is 1. The molecule has 1 aliphatic heterocycles. The molecule has 0 bridgehead atoms. The maximum Gasteiger partial charge on any atom is 0.267 e. The summed E-state index contributed by atoms with van der Waals surface area (Å²) in [6.45, 7) is 4.82. The molecule has 0 unspecified atom stereocenters. The summed E-state index contributed by atoms with van der Waals surface area (Å²) in [5.41, 5.74) is 2.33. The molecule has 4 rings (SSSR count). The lowest BCUT2D eigenvalue weighted by molar-refractivity contribution is 0.102. The van der Waals surface area contributed by atoms with E-state index in [0.717, 1.165) is 5.57 Å². The minimum Gasteiger partial charge on any atom is -0.486 e. The molecule has 0 radical (unpaired) electrons. The van der Waals surface area contributed by atoms with Crippen LogP contribution in [-0.2, 0) is 0 Å². The first-order valence-corrected chi connectivity index (χ1v) is 12.2. The van der Waals surface area contributed by atoms with Crippen molar-refractivity contribution < 1.29 is 14.3 Å². The molecule has 34 heavy (non-hydrogen) atoms. The lowest BCUT2D eigenvalue weighted by atomic mass is 10.1. The predicted octanol–water partition coefficient (Wildman–Crippen LogP) is 5.25. The van der Waals surface area contributed by atoms with Gasteiger partial charge in [-0.05, 0) is 50.3 Å². The number of allylic oxidation sites excluding steroid dienone is 3. The van der Waals surface area contributed by atoms with E-state index < -0.39 is 0 Å². The van der Waals surface area contributed by atoms with E-state index in [-0.39, 0.29) is 17.1 Å². The summed E-state index contributed by atoms with van der Waals surface area (Å²) in [5.74, 6) is 1.18. The molecule has 2 aromatic carbocycles. The quantitative estimate of drug-likeness (QED) is 0.121. The fraction of sp³-hybridized carbons (Fsp3) is 0.192. The molecule has 0 atom stereocenters. The predicted molar refractivity (Wildman–Crippen MR) is 138 cm³/mol. The first kappa shape index (κ1) is 23.9. The van der Waals surface area contributed by atoms with Crippen LogP contribution in [-0.4, -0.2) is 34.3 Å². The molecular formula is C26H24N2O4S2. The molecule has 3 aromatic rings. The number of hydrogen-bond acceptors (Lipinski definition) is 7. The van der Waals surface area contributed by atoms with Crippen molar-refractivity contribution in [2.24, 2.45) is 0 Å². The van der Waals surface area contributed by atoms with Crippen LogP contribution in [0, 0.1) is 0 Å². The molecule has 8 heteroatoms. The third-order valence-electron chi connectivity index (χ3n) is 5.25. The summed E-state index contributed by atoms with van der Waals surface area (Å²) in [4.78, 5) is 31.0. The average Bonchev–Trinajstić information content (AvgIpc) is 2.87. The van der Waals surface area contributed by atoms with Gasteiger partial charge in [-0.3, -0.25) is 14.2 Å². The molecule has 1 aliphatic rings. The average molecular weight is 493 g/mol. The summed E-state index contributed by atoms with van der Waals surface area (Å²) < 4.78 is 12.6. The van der Waals surface area contributed by atoms with Crippen molar-refractivity contribution >= 4 is 36.2 Å². The van der Waals surface area contributed by atoms with Crippen molar-refractivity contribution in [2.75, 3.05) is 19.0 Å². The highest BCUT2D eigenvalue weighted by atomic mass is 32.2. The summed E-state index contributed by atoms with van der Waals surface area (Å²) in [6.07, 6.45) is 5.53. The Morgan fingerprint density at radius 2 is 1.88 bits per heavy atom. The molecule has 0 saturated carbocycles. The molecule has 0 fully saturated rings. The van der Waals surface area contributed by atoms with Crippen molar-refractivity contribution in [2.45, 2.75) is 24.0 Å². The highest BCUT2D eigenvalue weighted by molar-refractivity contribution is 7.99. The monoisotopic (exact) mass is 492 g/mol. The standard InChI is InChI=1S/C26H24N2O4S2/c1-3-17(2)9-11-20-24(33)27-26(28(25(20)30)19-7-5-4-6-8-19)34-16-21(29)18-10-12-22-23(15-18)32-14-13-31-22/h3-12,15,33H,13-14,16H2,1-2H3/b11-9+,17-3+. The van der Waals surface area contributed by atoms with Crippen LogP contribution in [0.3, 0.4) is 0 Å². The number of ether oxygens (including phenoxy) is 2. The largest absolute Gasteiger partial charge is 0.486 e. The van der Waals surface area contributed by atoms with Crippen molar-refractivity contribution in [1.29, 1.82) is 0 Å². The Hall–Kier alpha value is -3.23. The zero-order valence-electron chi connectivity index (χ0n) is 18.9. The SMILES string of the molecule is C/C=C(C)/C=C/c1c(S)nc(SCC(=O)c2ccc3c(c2)OCCO3)n(-c2ccccc2)c1=O. The molecule has 0 spiro atoms. The number of fused-ring (bicyclic) bond motifs is 1. The Morgan fingerprint density at radius 1 is 1.15 bits per heavy atom. The Morgan fingerprint density at radius 3 is 2.62 bits per heavy atom. The Bertz CT molecular complexity index is 1330. The van der Waals surface area contributed by atoms with Gasteiger partial charge in [0.1, 0.15) is 18.2 Å². The third-order valence-corrected chi connectivity index (χ3v) is 6.53. The second-order valence-electron chi connectivity index (χ2n) is 7.54. The minimum atomic E-state index is -0.249. The number of Topliss-reactive ketones (excluding diaryl/α,β-unsaturated/α-hetero) is 1. The van der Waals surface area contributed by atoms with Crippen LogP contribution in [0.25, 0.3) is 11.8 Å². The van der Waals surface area contributed by atoms with Gasteiger partial charge in [-0.25, -0.2) is 4.98 Å². The van der Waals surface area contributed by atoms with E-state index in [1.54, 1.807) is 24.3 Å². The number of thiol groups is 1. The highest BCUT2D eigenvalue weighted by Crippen LogP contribution is 2.31. The van der Waals surface area contributed by atoms with Crippen LogP contribution in [0.15, 0.2) is 81.2 Å². The van der Waals surface area contributed by atoms with Gasteiger partial charge >= 0.3 is 0 Å². The summed E-state index contributed by atoms with van der Waals surface area (Å²) in [7, 11) is 0. The van der Waals surface area contributed by atoms with Gasteiger partial charge in [0.2, 0.25) is 0 Å². The lowest BCUT2D eigenvalue weighted by Gasteiger charge is -2.18. The van der Waals surface area contributed by atoms with Crippen LogP contribution in [0.1, 0.15) is 29.8 Å². The maximum absolute atomic E-state index is 13.5. The number of aromatic nitrogens is 2. The van der Waals surface area contributed by atoms with Gasteiger partial charge in [0.15, 0.2) is 22.4 Å². The topological polar surface area (TPSA) is 70.4 Å². The van der Waals surface area contributed by atoms with E-state index in [1.165, 1.54) is 16.3 Å². The van der Waals surface area contributed by atoms with Gasteiger partial charge in [-0.1, -0.05) is 47.7 Å². The van der Waals surface area contributed by atoms with E-state index in [9.17, 15) is 9.59 Å². The van der Waals surface area contributed by atoms with Crippen molar-refractivity contribution in [1.82, 2.24) is 9.55 Å². The molecule has 0 aliphatic carbocycles. The van der Waals surface area contributed by atoms with Gasteiger partial charge in [0, 0.05) is 5.56 Å². The molecular weight excluding hydrogens is 468 g/mol. The van der Waals surface area contributed by atoms with Gasteiger partial charge in [0.25, 0.3) is 5.56 Å². The second kappa shape index (κ2) is 10.8. The van der Waals surface area contributed by atoms with E-state index in [1.807, 2.05) is 56.3 Å². The third kappa shape index (κ3) is 5.29. The minimum absolute atomic E-state index is 0.0962. The Labute approximate surface area is 207 Å². The molecule has 174 valence electrons. The highest BCUT2D eigenvalue weighted by Gasteiger charge is 2.19. The zero-order chi connectivity index (χ0) is 24.1. The molecule has 0 saturated heterocycles. The number of hydrogen-bond donors (Lipinski definition) is 1. The first-order chi connectivity index (χ1) is 16.5. The van der Waals surface area contributed by atoms with E-state index >= 15 is 0 Å². The normalized spacial score (nSPS) is 13.3. The summed E-state index contributed by atoms with van der Waals surface area (Å²) in [6, 6.07) is 14.4. The maximum atomic E-state index is 13.5. The molecule has 6 nitrogen and oxygen atoms in total. The molecule has 1 aromatic heterocycles. The molecule has 2 heterocycles. The lowest BCUT2D eigenvalue weighted by Crippen LogP contribution is -2.24. The van der Waals surface area contributed by atoms with Crippen molar-refractivity contribution in [3.05, 3.63) is 87.7 Å². The number of nitrogens with zero attached hydrogens (tertiary/aromatic N) is 2. The fourth-order valence-corrected chi connectivity index (χ4v) is 4.53. The van der Waals surface area contributed by atoms with Gasteiger partial charge in [-0.15, -0.1) is 12.6 Å². The zero-order valence-corrected chi connectivity index (χ0v) is 20.6. The number of rotatable bonds is 7. The van der Waals surface area contributed by atoms with Gasteiger partial charge < -0.3 is 9.47 Å². The molecule has 0 amide bonds. The van der Waals surface area contributed by atoms with Gasteiger partial charge in [-0.2, -0.15) is 0 Å². The van der Waals surface area contributed by atoms with Crippen LogP contribution < -0.4 is 15.0 Å². The smallest absolute Gasteiger partial charge is 0.267 e. The Kier molecular flexibility index (Phi) is 7.59. The van der Waals surface area contributed by atoms with Crippen molar-refractivity contribution in [3.63, 3.8) is 0 Å². The van der Waals surface area contributed by atoms with Crippen LogP contribution >= 0.6 is 24.4 Å². The number of thioether (sulfide) groups is 1. The molecule has 0 N–H and O–H groups in total. The first-order valence-electron chi connectivity index (χ1n) is 10.8. The number of ketones is 1. The van der Waals surface area contributed by atoms with Crippen LogP contribution in [0.2, 0.25) is 0 Å². The number of carbonyl (C=O) groups is 1. The summed E-state index contributed by atoms with van der Waals surface area (Å²) >= 11 is 5.67. The van der Waals surface area contributed by atoms with E-state index in [2.05, 4.69) is 17.6 Å². The number of benzene rings is 2. The Balaban J connectivity index is 1.66. The van der Waals surface area contributed by atoms with Crippen LogP contribution in [0.5, 0.6) is 11.5 Å².